The highest BCUT2D eigenvalue weighted by atomic mass is 16.5. The van der Waals surface area contributed by atoms with Gasteiger partial charge in [0.05, 0.1) is 32.3 Å². The normalized spacial score (nSPS) is 9.88. The SMILES string of the molecule is COc1ccc(-c2cncc(OC)c2)nc1. The Morgan fingerprint density at radius 2 is 1.75 bits per heavy atom. The zero-order chi connectivity index (χ0) is 11.4. The Labute approximate surface area is 93.9 Å². The van der Waals surface area contributed by atoms with Gasteiger partial charge in [-0.2, -0.15) is 0 Å². The van der Waals surface area contributed by atoms with E-state index in [1.807, 2.05) is 18.2 Å². The molecule has 0 saturated carbocycles. The minimum absolute atomic E-state index is 0.718. The van der Waals surface area contributed by atoms with Gasteiger partial charge in [0.25, 0.3) is 0 Å². The van der Waals surface area contributed by atoms with Crippen LogP contribution in [0.5, 0.6) is 11.5 Å². The average Bonchev–Trinajstić information content (AvgIpc) is 2.39. The first-order valence-electron chi connectivity index (χ1n) is 4.83. The maximum atomic E-state index is 5.11. The quantitative estimate of drug-likeness (QED) is 0.788. The lowest BCUT2D eigenvalue weighted by atomic mass is 10.2. The Bertz CT molecular complexity index is 469. The summed E-state index contributed by atoms with van der Waals surface area (Å²) >= 11 is 0. The lowest BCUT2D eigenvalue weighted by Gasteiger charge is -2.04. The monoisotopic (exact) mass is 216 g/mol. The van der Waals surface area contributed by atoms with Crippen LogP contribution >= 0.6 is 0 Å². The molecule has 4 nitrogen and oxygen atoms in total. The van der Waals surface area contributed by atoms with E-state index in [0.717, 1.165) is 22.8 Å². The van der Waals surface area contributed by atoms with Gasteiger partial charge in [-0.1, -0.05) is 0 Å². The second-order valence-corrected chi connectivity index (χ2v) is 3.20. The number of hydrogen-bond donors (Lipinski definition) is 0. The van der Waals surface area contributed by atoms with Gasteiger partial charge in [0.2, 0.25) is 0 Å². The molecule has 0 aliphatic rings. The van der Waals surface area contributed by atoms with Crippen molar-refractivity contribution < 1.29 is 9.47 Å². The molecule has 0 saturated heterocycles. The molecule has 2 rings (SSSR count). The first-order valence-corrected chi connectivity index (χ1v) is 4.83. The summed E-state index contributed by atoms with van der Waals surface area (Å²) < 4.78 is 10.2. The molecule has 0 unspecified atom stereocenters. The van der Waals surface area contributed by atoms with Crippen LogP contribution in [0.2, 0.25) is 0 Å². The predicted octanol–water partition coefficient (Wildman–Crippen LogP) is 2.16. The number of aromatic nitrogens is 2. The van der Waals surface area contributed by atoms with Crippen LogP contribution < -0.4 is 9.47 Å². The van der Waals surface area contributed by atoms with E-state index >= 15 is 0 Å². The molecule has 0 aromatic carbocycles. The van der Waals surface area contributed by atoms with Crippen molar-refractivity contribution in [1.82, 2.24) is 9.97 Å². The minimum atomic E-state index is 0.718. The maximum absolute atomic E-state index is 5.11. The molecule has 82 valence electrons. The van der Waals surface area contributed by atoms with E-state index in [1.54, 1.807) is 32.8 Å². The molecule has 2 aromatic rings. The topological polar surface area (TPSA) is 44.2 Å². The summed E-state index contributed by atoms with van der Waals surface area (Å²) in [5.74, 6) is 1.45. The van der Waals surface area contributed by atoms with Crippen molar-refractivity contribution in [2.75, 3.05) is 14.2 Å². The largest absolute Gasteiger partial charge is 0.495 e. The highest BCUT2D eigenvalue weighted by Gasteiger charge is 2.01. The molecule has 0 amide bonds. The summed E-state index contributed by atoms with van der Waals surface area (Å²) in [4.78, 5) is 8.35. The Morgan fingerprint density at radius 1 is 0.938 bits per heavy atom. The summed E-state index contributed by atoms with van der Waals surface area (Å²) in [7, 11) is 3.23. The van der Waals surface area contributed by atoms with Crippen LogP contribution in [-0.2, 0) is 0 Å². The van der Waals surface area contributed by atoms with E-state index in [-0.39, 0.29) is 0 Å². The van der Waals surface area contributed by atoms with Crippen molar-refractivity contribution in [3.63, 3.8) is 0 Å². The number of pyridine rings is 2. The zero-order valence-electron chi connectivity index (χ0n) is 9.18. The third kappa shape index (κ3) is 2.11. The molecule has 0 fully saturated rings. The summed E-state index contributed by atoms with van der Waals surface area (Å²) in [6, 6.07) is 5.64. The molecule has 0 radical (unpaired) electrons. The fraction of sp³-hybridized carbons (Fsp3) is 0.167. The van der Waals surface area contributed by atoms with Crippen LogP contribution in [-0.4, -0.2) is 24.2 Å². The first-order chi connectivity index (χ1) is 7.83. The Kier molecular flexibility index (Phi) is 3.00. The molecular weight excluding hydrogens is 204 g/mol. The number of hydrogen-bond acceptors (Lipinski definition) is 4. The molecular formula is C12H12N2O2. The van der Waals surface area contributed by atoms with Crippen molar-refractivity contribution in [3.05, 3.63) is 36.8 Å². The number of methoxy groups -OCH3 is 2. The summed E-state index contributed by atoms with van der Waals surface area (Å²) in [5, 5.41) is 0. The maximum Gasteiger partial charge on any atom is 0.137 e. The van der Waals surface area contributed by atoms with Gasteiger partial charge in [0.15, 0.2) is 0 Å². The Morgan fingerprint density at radius 3 is 2.38 bits per heavy atom. The molecule has 0 N–H and O–H groups in total. The summed E-state index contributed by atoms with van der Waals surface area (Å²) in [6.07, 6.45) is 5.08. The molecule has 0 bridgehead atoms. The van der Waals surface area contributed by atoms with Gasteiger partial charge in [0.1, 0.15) is 11.5 Å². The van der Waals surface area contributed by atoms with Crippen LogP contribution in [0, 0.1) is 0 Å². The van der Waals surface area contributed by atoms with Gasteiger partial charge in [-0.3, -0.25) is 9.97 Å². The van der Waals surface area contributed by atoms with Gasteiger partial charge < -0.3 is 9.47 Å². The summed E-state index contributed by atoms with van der Waals surface area (Å²) in [6.45, 7) is 0. The summed E-state index contributed by atoms with van der Waals surface area (Å²) in [5.41, 5.74) is 1.76. The van der Waals surface area contributed by atoms with Gasteiger partial charge in [0, 0.05) is 11.8 Å². The molecule has 4 heteroatoms. The van der Waals surface area contributed by atoms with Gasteiger partial charge in [-0.25, -0.2) is 0 Å². The zero-order valence-corrected chi connectivity index (χ0v) is 9.18. The fourth-order valence-electron chi connectivity index (χ4n) is 1.34. The highest BCUT2D eigenvalue weighted by molar-refractivity contribution is 5.59. The van der Waals surface area contributed by atoms with Crippen LogP contribution in [0.1, 0.15) is 0 Å². The van der Waals surface area contributed by atoms with E-state index in [9.17, 15) is 0 Å². The number of nitrogens with zero attached hydrogens (tertiary/aromatic N) is 2. The van der Waals surface area contributed by atoms with Crippen LogP contribution in [0.25, 0.3) is 11.3 Å². The van der Waals surface area contributed by atoms with E-state index in [1.165, 1.54) is 0 Å². The second kappa shape index (κ2) is 4.61. The van der Waals surface area contributed by atoms with Crippen LogP contribution in [0.15, 0.2) is 36.8 Å². The highest BCUT2D eigenvalue weighted by Crippen LogP contribution is 2.21. The van der Waals surface area contributed by atoms with Gasteiger partial charge >= 0.3 is 0 Å². The van der Waals surface area contributed by atoms with Crippen molar-refractivity contribution >= 4 is 0 Å². The van der Waals surface area contributed by atoms with E-state index in [4.69, 9.17) is 9.47 Å². The molecule has 0 aliphatic carbocycles. The molecule has 0 aliphatic heterocycles. The smallest absolute Gasteiger partial charge is 0.137 e. The molecule has 16 heavy (non-hydrogen) atoms. The predicted molar refractivity (Wildman–Crippen MR) is 60.6 cm³/mol. The lowest BCUT2D eigenvalue weighted by Crippen LogP contribution is -1.89. The fourth-order valence-corrected chi connectivity index (χ4v) is 1.34. The third-order valence-corrected chi connectivity index (χ3v) is 2.22. The molecule has 0 spiro atoms. The van der Waals surface area contributed by atoms with Crippen molar-refractivity contribution in [2.24, 2.45) is 0 Å². The van der Waals surface area contributed by atoms with Crippen molar-refractivity contribution in [3.8, 4) is 22.8 Å². The molecule has 2 aromatic heterocycles. The van der Waals surface area contributed by atoms with Crippen LogP contribution in [0.3, 0.4) is 0 Å². The Hall–Kier alpha value is -2.10. The van der Waals surface area contributed by atoms with Crippen molar-refractivity contribution in [1.29, 1.82) is 0 Å². The Balaban J connectivity index is 2.34. The lowest BCUT2D eigenvalue weighted by molar-refractivity contribution is 0.412. The third-order valence-electron chi connectivity index (χ3n) is 2.22. The second-order valence-electron chi connectivity index (χ2n) is 3.20. The first kappa shape index (κ1) is 10.4. The van der Waals surface area contributed by atoms with Gasteiger partial charge in [-0.05, 0) is 18.2 Å². The molecule has 0 atom stereocenters. The molecule has 2 heterocycles. The van der Waals surface area contributed by atoms with E-state index in [2.05, 4.69) is 9.97 Å². The van der Waals surface area contributed by atoms with E-state index in [0.29, 0.717) is 0 Å². The number of rotatable bonds is 3. The van der Waals surface area contributed by atoms with Crippen LogP contribution in [0.4, 0.5) is 0 Å². The standard InChI is InChI=1S/C12H12N2O2/c1-15-10-3-4-12(14-8-10)9-5-11(16-2)7-13-6-9/h3-8H,1-2H3. The van der Waals surface area contributed by atoms with Crippen molar-refractivity contribution in [2.45, 2.75) is 0 Å². The number of ether oxygens (including phenoxy) is 2. The van der Waals surface area contributed by atoms with Gasteiger partial charge in [-0.15, -0.1) is 0 Å². The average molecular weight is 216 g/mol. The van der Waals surface area contributed by atoms with E-state index < -0.39 is 0 Å². The minimum Gasteiger partial charge on any atom is -0.495 e.